The molecule has 0 aliphatic carbocycles. The van der Waals surface area contributed by atoms with Crippen molar-refractivity contribution in [3.05, 3.63) is 52.0 Å². The first-order valence-electron chi connectivity index (χ1n) is 6.56. The summed E-state index contributed by atoms with van der Waals surface area (Å²) >= 11 is 1.81. The predicted octanol–water partition coefficient (Wildman–Crippen LogP) is 3.62. The number of benzene rings is 1. The van der Waals surface area contributed by atoms with E-state index in [0.717, 1.165) is 19.5 Å². The Hall–Kier alpha value is -1.19. The number of aromatic nitrogens is 1. The molecule has 0 atom stereocenters. The minimum Gasteiger partial charge on any atom is -0.312 e. The van der Waals surface area contributed by atoms with Gasteiger partial charge in [-0.3, -0.25) is 0 Å². The zero-order valence-electron chi connectivity index (χ0n) is 10.9. The number of nitrogens with one attached hydrogen (secondary N) is 1. The summed E-state index contributed by atoms with van der Waals surface area (Å²) in [5.74, 6) is 0. The van der Waals surface area contributed by atoms with Crippen molar-refractivity contribution in [1.29, 1.82) is 0 Å². The minimum absolute atomic E-state index is 0.945. The van der Waals surface area contributed by atoms with Crippen LogP contribution in [0.5, 0.6) is 0 Å². The highest BCUT2D eigenvalue weighted by Crippen LogP contribution is 2.16. The quantitative estimate of drug-likeness (QED) is 0.769. The van der Waals surface area contributed by atoms with Crippen molar-refractivity contribution in [2.24, 2.45) is 0 Å². The molecule has 0 bridgehead atoms. The molecule has 0 fully saturated rings. The second-order valence-electron chi connectivity index (χ2n) is 4.41. The van der Waals surface area contributed by atoms with Gasteiger partial charge in [-0.15, -0.1) is 11.3 Å². The number of nitrogens with zero attached hydrogens (tertiary/aromatic N) is 1. The fourth-order valence-electron chi connectivity index (χ4n) is 1.80. The van der Waals surface area contributed by atoms with Gasteiger partial charge in [0.25, 0.3) is 0 Å². The summed E-state index contributed by atoms with van der Waals surface area (Å²) in [5.41, 5.74) is 1.33. The van der Waals surface area contributed by atoms with Crippen LogP contribution in [0.2, 0.25) is 0 Å². The smallest absolute Gasteiger partial charge is 0.0971 e. The third-order valence-electron chi connectivity index (χ3n) is 2.81. The van der Waals surface area contributed by atoms with E-state index in [2.05, 4.69) is 47.6 Å². The van der Waals surface area contributed by atoms with Gasteiger partial charge < -0.3 is 5.32 Å². The molecule has 0 radical (unpaired) electrons. The van der Waals surface area contributed by atoms with Crippen molar-refractivity contribution in [2.75, 3.05) is 6.54 Å². The molecule has 18 heavy (non-hydrogen) atoms. The van der Waals surface area contributed by atoms with E-state index < -0.39 is 0 Å². The van der Waals surface area contributed by atoms with Crippen LogP contribution in [-0.4, -0.2) is 11.5 Å². The topological polar surface area (TPSA) is 24.9 Å². The average molecular weight is 260 g/mol. The van der Waals surface area contributed by atoms with Crippen molar-refractivity contribution in [2.45, 2.75) is 32.7 Å². The molecule has 2 rings (SSSR count). The van der Waals surface area contributed by atoms with Crippen molar-refractivity contribution in [3.8, 4) is 0 Å². The maximum Gasteiger partial charge on any atom is 0.0971 e. The molecule has 0 aliphatic rings. The maximum atomic E-state index is 4.49. The molecule has 2 aromatic rings. The molecular weight excluding hydrogens is 240 g/mol. The molecular formula is C15H20N2S. The van der Waals surface area contributed by atoms with E-state index in [9.17, 15) is 0 Å². The second kappa shape index (κ2) is 7.29. The highest BCUT2D eigenvalue weighted by Gasteiger charge is 2.02. The molecule has 0 spiro atoms. The lowest BCUT2D eigenvalue weighted by Gasteiger charge is -2.00. The van der Waals surface area contributed by atoms with Crippen LogP contribution in [0.3, 0.4) is 0 Å². The van der Waals surface area contributed by atoms with Gasteiger partial charge in [0.2, 0.25) is 0 Å². The van der Waals surface area contributed by atoms with Crippen LogP contribution < -0.4 is 5.32 Å². The molecule has 0 aliphatic heterocycles. The minimum atomic E-state index is 0.945. The Labute approximate surface area is 113 Å². The van der Waals surface area contributed by atoms with Crippen LogP contribution in [0.15, 0.2) is 36.5 Å². The Morgan fingerprint density at radius 3 is 2.83 bits per heavy atom. The molecule has 0 unspecified atom stereocenters. The normalized spacial score (nSPS) is 10.7. The molecule has 1 aromatic heterocycles. The van der Waals surface area contributed by atoms with E-state index in [1.165, 1.54) is 28.3 Å². The second-order valence-corrected chi connectivity index (χ2v) is 5.61. The van der Waals surface area contributed by atoms with Gasteiger partial charge in [0, 0.05) is 24.0 Å². The summed E-state index contributed by atoms with van der Waals surface area (Å²) in [6, 6.07) is 10.5. The molecule has 0 saturated carbocycles. The van der Waals surface area contributed by atoms with Gasteiger partial charge in [-0.25, -0.2) is 4.98 Å². The summed E-state index contributed by atoms with van der Waals surface area (Å²) < 4.78 is 0. The predicted molar refractivity (Wildman–Crippen MR) is 78.0 cm³/mol. The fraction of sp³-hybridized carbons (Fsp3) is 0.400. The zero-order valence-corrected chi connectivity index (χ0v) is 11.7. The average Bonchev–Trinajstić information content (AvgIpc) is 2.84. The highest BCUT2D eigenvalue weighted by molar-refractivity contribution is 7.11. The van der Waals surface area contributed by atoms with Crippen molar-refractivity contribution >= 4 is 11.3 Å². The van der Waals surface area contributed by atoms with Crippen LogP contribution >= 0.6 is 11.3 Å². The van der Waals surface area contributed by atoms with E-state index in [4.69, 9.17) is 0 Å². The lowest BCUT2D eigenvalue weighted by Crippen LogP contribution is -2.13. The Morgan fingerprint density at radius 1 is 1.22 bits per heavy atom. The van der Waals surface area contributed by atoms with Crippen molar-refractivity contribution < 1.29 is 0 Å². The maximum absolute atomic E-state index is 4.49. The number of unbranched alkanes of at least 4 members (excludes halogenated alkanes) is 1. The summed E-state index contributed by atoms with van der Waals surface area (Å²) in [7, 11) is 0. The van der Waals surface area contributed by atoms with Crippen LogP contribution in [0.25, 0.3) is 0 Å². The van der Waals surface area contributed by atoms with Gasteiger partial charge in [-0.05, 0) is 18.5 Å². The molecule has 1 N–H and O–H groups in total. The van der Waals surface area contributed by atoms with Crippen LogP contribution in [0.4, 0.5) is 0 Å². The Balaban J connectivity index is 1.83. The van der Waals surface area contributed by atoms with Crippen LogP contribution in [0, 0.1) is 0 Å². The number of rotatable bonds is 7. The number of thiazole rings is 1. The number of hydrogen-bond acceptors (Lipinski definition) is 3. The standard InChI is InChI=1S/C15H20N2S/c1-2-3-9-16-11-14-12-17-15(18-14)10-13-7-5-4-6-8-13/h4-8,12,16H,2-3,9-11H2,1H3. The molecule has 0 amide bonds. The summed E-state index contributed by atoms with van der Waals surface area (Å²) in [5, 5.41) is 4.65. The third-order valence-corrected chi connectivity index (χ3v) is 3.80. The molecule has 96 valence electrons. The van der Waals surface area contributed by atoms with Gasteiger partial charge in [-0.1, -0.05) is 43.7 Å². The third kappa shape index (κ3) is 4.24. The molecule has 1 aromatic carbocycles. The Kier molecular flexibility index (Phi) is 5.36. The Bertz CT molecular complexity index is 451. The fourth-order valence-corrected chi connectivity index (χ4v) is 2.72. The molecule has 0 saturated heterocycles. The van der Waals surface area contributed by atoms with Crippen molar-refractivity contribution in [3.63, 3.8) is 0 Å². The highest BCUT2D eigenvalue weighted by atomic mass is 32.1. The van der Waals surface area contributed by atoms with Crippen LogP contribution in [-0.2, 0) is 13.0 Å². The lowest BCUT2D eigenvalue weighted by molar-refractivity contribution is 0.645. The number of hydrogen-bond donors (Lipinski definition) is 1. The van der Waals surface area contributed by atoms with Gasteiger partial charge in [0.1, 0.15) is 0 Å². The van der Waals surface area contributed by atoms with Gasteiger partial charge >= 0.3 is 0 Å². The van der Waals surface area contributed by atoms with E-state index >= 15 is 0 Å². The largest absolute Gasteiger partial charge is 0.312 e. The van der Waals surface area contributed by atoms with E-state index in [0.29, 0.717) is 0 Å². The van der Waals surface area contributed by atoms with Gasteiger partial charge in [0.15, 0.2) is 0 Å². The lowest BCUT2D eigenvalue weighted by atomic mass is 10.2. The molecule has 2 nitrogen and oxygen atoms in total. The molecule has 1 heterocycles. The summed E-state index contributed by atoms with van der Waals surface area (Å²) in [4.78, 5) is 5.82. The van der Waals surface area contributed by atoms with Crippen LogP contribution in [0.1, 0.15) is 35.2 Å². The SMILES string of the molecule is CCCCNCc1cnc(Cc2ccccc2)s1. The van der Waals surface area contributed by atoms with Crippen molar-refractivity contribution in [1.82, 2.24) is 10.3 Å². The first-order chi connectivity index (χ1) is 8.88. The van der Waals surface area contributed by atoms with Gasteiger partial charge in [0.05, 0.1) is 5.01 Å². The first-order valence-corrected chi connectivity index (χ1v) is 7.38. The van der Waals surface area contributed by atoms with E-state index in [1.54, 1.807) is 0 Å². The van der Waals surface area contributed by atoms with E-state index in [-0.39, 0.29) is 0 Å². The van der Waals surface area contributed by atoms with E-state index in [1.807, 2.05) is 17.5 Å². The Morgan fingerprint density at radius 2 is 2.06 bits per heavy atom. The molecule has 3 heteroatoms. The monoisotopic (exact) mass is 260 g/mol. The first kappa shape index (κ1) is 13.2. The zero-order chi connectivity index (χ0) is 12.6. The summed E-state index contributed by atoms with van der Waals surface area (Å²) in [6.07, 6.45) is 5.44. The van der Waals surface area contributed by atoms with Gasteiger partial charge in [-0.2, -0.15) is 0 Å². The summed E-state index contributed by atoms with van der Waals surface area (Å²) in [6.45, 7) is 4.27.